The van der Waals surface area contributed by atoms with Gasteiger partial charge in [0.25, 0.3) is 0 Å². The number of amides is 1. The highest BCUT2D eigenvalue weighted by Crippen LogP contribution is 2.25. The number of imidazole rings is 1. The molecule has 2 aromatic carbocycles. The average Bonchev–Trinajstić information content (AvgIpc) is 3.18. The van der Waals surface area contributed by atoms with Gasteiger partial charge in [-0.2, -0.15) is 4.31 Å². The number of aryl methyl sites for hydroxylation is 2. The summed E-state index contributed by atoms with van der Waals surface area (Å²) in [6.07, 6.45) is 4.42. The lowest BCUT2D eigenvalue weighted by Gasteiger charge is -2.25. The van der Waals surface area contributed by atoms with Crippen molar-refractivity contribution in [1.29, 1.82) is 0 Å². The molecule has 1 fully saturated rings. The molecule has 0 atom stereocenters. The van der Waals surface area contributed by atoms with Crippen molar-refractivity contribution in [2.75, 3.05) is 26.7 Å². The second-order valence-corrected chi connectivity index (χ2v) is 10.6. The Hall–Kier alpha value is -2.91. The van der Waals surface area contributed by atoms with Gasteiger partial charge in [0.15, 0.2) is 0 Å². The van der Waals surface area contributed by atoms with Gasteiger partial charge in [-0.3, -0.25) is 4.79 Å². The molecule has 8 nitrogen and oxygen atoms in total. The highest BCUT2D eigenvalue weighted by molar-refractivity contribution is 7.89. The second-order valence-electron chi connectivity index (χ2n) is 8.65. The molecule has 1 N–H and O–H groups in total. The van der Waals surface area contributed by atoms with Crippen molar-refractivity contribution in [3.8, 4) is 5.75 Å². The molecule has 1 saturated heterocycles. The van der Waals surface area contributed by atoms with Gasteiger partial charge in [-0.1, -0.05) is 18.6 Å². The van der Waals surface area contributed by atoms with Crippen molar-refractivity contribution in [3.63, 3.8) is 0 Å². The summed E-state index contributed by atoms with van der Waals surface area (Å²) in [4.78, 5) is 17.3. The van der Waals surface area contributed by atoms with Crippen LogP contribution in [-0.4, -0.2) is 54.9 Å². The zero-order valence-electron chi connectivity index (χ0n) is 19.8. The lowest BCUT2D eigenvalue weighted by atomic mass is 10.1. The Bertz CT molecular complexity index is 1250. The minimum atomic E-state index is -3.51. The average molecular weight is 485 g/mol. The lowest BCUT2D eigenvalue weighted by Crippen LogP contribution is -2.35. The standard InChI is InChI=1S/C25H32N4O4S/c1-28-23-11-10-21(34(31,32)29-16-4-3-5-17-29)18-22(23)27-24(28)12-13-25(30)26-15-14-19-6-8-20(33-2)9-7-19/h6-11,18H,3-5,12-17H2,1-2H3,(H,26,30). The van der Waals surface area contributed by atoms with E-state index in [2.05, 4.69) is 10.3 Å². The Morgan fingerprint density at radius 1 is 1.06 bits per heavy atom. The van der Waals surface area contributed by atoms with E-state index in [1.54, 1.807) is 29.6 Å². The van der Waals surface area contributed by atoms with Crippen LogP contribution in [-0.2, 0) is 34.7 Å². The number of nitrogens with zero attached hydrogens (tertiary/aromatic N) is 3. The van der Waals surface area contributed by atoms with Crippen LogP contribution in [0.1, 0.15) is 37.1 Å². The molecule has 1 aliphatic heterocycles. The zero-order chi connectivity index (χ0) is 24.1. The number of ether oxygens (including phenoxy) is 1. The number of carbonyl (C=O) groups is 1. The molecular weight excluding hydrogens is 452 g/mol. The maximum absolute atomic E-state index is 13.0. The number of rotatable bonds is 9. The molecule has 0 saturated carbocycles. The van der Waals surface area contributed by atoms with Gasteiger partial charge in [-0.05, 0) is 55.2 Å². The molecule has 9 heteroatoms. The fourth-order valence-corrected chi connectivity index (χ4v) is 5.86. The second kappa shape index (κ2) is 10.6. The maximum Gasteiger partial charge on any atom is 0.243 e. The van der Waals surface area contributed by atoms with Gasteiger partial charge < -0.3 is 14.6 Å². The highest BCUT2D eigenvalue weighted by atomic mass is 32.2. The topological polar surface area (TPSA) is 93.5 Å². The molecule has 0 unspecified atom stereocenters. The van der Waals surface area contributed by atoms with E-state index in [0.29, 0.717) is 38.0 Å². The quantitative estimate of drug-likeness (QED) is 0.504. The molecule has 3 aromatic rings. The minimum Gasteiger partial charge on any atom is -0.497 e. The molecule has 0 bridgehead atoms. The number of carbonyl (C=O) groups excluding carboxylic acids is 1. The largest absolute Gasteiger partial charge is 0.497 e. The summed E-state index contributed by atoms with van der Waals surface area (Å²) in [5, 5.41) is 2.96. The molecule has 0 aliphatic carbocycles. The molecule has 1 amide bonds. The summed E-state index contributed by atoms with van der Waals surface area (Å²) < 4.78 is 34.7. The first-order chi connectivity index (χ1) is 16.4. The van der Waals surface area contributed by atoms with Crippen LogP contribution in [0, 0.1) is 0 Å². The predicted octanol–water partition coefficient (Wildman–Crippen LogP) is 3.05. The molecule has 34 heavy (non-hydrogen) atoms. The number of nitrogens with one attached hydrogen (secondary N) is 1. The Balaban J connectivity index is 1.35. The predicted molar refractivity (Wildman–Crippen MR) is 131 cm³/mol. The number of aromatic nitrogens is 2. The molecule has 4 rings (SSSR count). The lowest BCUT2D eigenvalue weighted by molar-refractivity contribution is -0.121. The van der Waals surface area contributed by atoms with Gasteiger partial charge in [-0.25, -0.2) is 13.4 Å². The van der Waals surface area contributed by atoms with Crippen LogP contribution in [0.5, 0.6) is 5.75 Å². The first-order valence-corrected chi connectivity index (χ1v) is 13.2. The van der Waals surface area contributed by atoms with Gasteiger partial charge in [-0.15, -0.1) is 0 Å². The van der Waals surface area contributed by atoms with Crippen LogP contribution >= 0.6 is 0 Å². The summed E-state index contributed by atoms with van der Waals surface area (Å²) >= 11 is 0. The number of methoxy groups -OCH3 is 1. The van der Waals surface area contributed by atoms with E-state index in [-0.39, 0.29) is 10.8 Å². The summed E-state index contributed by atoms with van der Waals surface area (Å²) in [6.45, 7) is 1.70. The Kier molecular flexibility index (Phi) is 7.53. The first-order valence-electron chi connectivity index (χ1n) is 11.7. The maximum atomic E-state index is 13.0. The zero-order valence-corrected chi connectivity index (χ0v) is 20.6. The van der Waals surface area contributed by atoms with Gasteiger partial charge in [0.2, 0.25) is 15.9 Å². The minimum absolute atomic E-state index is 0.0334. The number of sulfonamides is 1. The molecular formula is C25H32N4O4S. The number of piperidine rings is 1. The van der Waals surface area contributed by atoms with Gasteiger partial charge in [0.1, 0.15) is 11.6 Å². The van der Waals surface area contributed by atoms with Gasteiger partial charge in [0, 0.05) is 39.5 Å². The van der Waals surface area contributed by atoms with E-state index < -0.39 is 10.0 Å². The van der Waals surface area contributed by atoms with Crippen molar-refractivity contribution < 1.29 is 17.9 Å². The molecule has 0 spiro atoms. The summed E-state index contributed by atoms with van der Waals surface area (Å²) in [7, 11) is 0.0220. The van der Waals surface area contributed by atoms with E-state index in [1.807, 2.05) is 35.9 Å². The Morgan fingerprint density at radius 3 is 2.50 bits per heavy atom. The highest BCUT2D eigenvalue weighted by Gasteiger charge is 2.26. The third-order valence-corrected chi connectivity index (χ3v) is 8.26. The monoisotopic (exact) mass is 484 g/mol. The smallest absolute Gasteiger partial charge is 0.243 e. The number of hydrogen-bond acceptors (Lipinski definition) is 5. The van der Waals surface area contributed by atoms with Crippen molar-refractivity contribution in [2.24, 2.45) is 7.05 Å². The van der Waals surface area contributed by atoms with Crippen LogP contribution in [0.25, 0.3) is 11.0 Å². The van der Waals surface area contributed by atoms with E-state index in [1.165, 1.54) is 0 Å². The van der Waals surface area contributed by atoms with Crippen LogP contribution in [0.4, 0.5) is 0 Å². The van der Waals surface area contributed by atoms with Crippen LogP contribution < -0.4 is 10.1 Å². The Morgan fingerprint density at radius 2 is 1.79 bits per heavy atom. The third kappa shape index (κ3) is 5.42. The summed E-state index contributed by atoms with van der Waals surface area (Å²) in [5.74, 6) is 1.54. The summed E-state index contributed by atoms with van der Waals surface area (Å²) in [6, 6.07) is 12.9. The fraction of sp³-hybridized carbons (Fsp3) is 0.440. The van der Waals surface area contributed by atoms with Gasteiger partial charge in [0.05, 0.1) is 23.0 Å². The number of fused-ring (bicyclic) bond motifs is 1. The van der Waals surface area contributed by atoms with E-state index in [4.69, 9.17) is 4.74 Å². The van der Waals surface area contributed by atoms with Crippen LogP contribution in [0.3, 0.4) is 0 Å². The molecule has 1 aliphatic rings. The number of hydrogen-bond donors (Lipinski definition) is 1. The first kappa shape index (κ1) is 24.2. The molecule has 182 valence electrons. The van der Waals surface area contributed by atoms with E-state index >= 15 is 0 Å². The summed E-state index contributed by atoms with van der Waals surface area (Å²) in [5.41, 5.74) is 2.62. The van der Waals surface area contributed by atoms with E-state index in [9.17, 15) is 13.2 Å². The fourth-order valence-electron chi connectivity index (χ4n) is 4.32. The van der Waals surface area contributed by atoms with Crippen molar-refractivity contribution in [3.05, 3.63) is 53.9 Å². The normalized spacial score (nSPS) is 14.9. The van der Waals surface area contributed by atoms with Crippen LogP contribution in [0.15, 0.2) is 47.4 Å². The van der Waals surface area contributed by atoms with Crippen LogP contribution in [0.2, 0.25) is 0 Å². The van der Waals surface area contributed by atoms with Gasteiger partial charge >= 0.3 is 0 Å². The molecule has 1 aromatic heterocycles. The van der Waals surface area contributed by atoms with E-state index in [0.717, 1.165) is 48.3 Å². The Labute approximate surface area is 201 Å². The molecule has 0 radical (unpaired) electrons. The molecule has 2 heterocycles. The van der Waals surface area contributed by atoms with Crippen molar-refractivity contribution in [1.82, 2.24) is 19.2 Å². The number of benzene rings is 2. The van der Waals surface area contributed by atoms with Crippen molar-refractivity contribution in [2.45, 2.75) is 43.4 Å². The third-order valence-electron chi connectivity index (χ3n) is 6.37. The van der Waals surface area contributed by atoms with Crippen molar-refractivity contribution >= 4 is 27.0 Å². The SMILES string of the molecule is COc1ccc(CCNC(=O)CCc2nc3cc(S(=O)(=O)N4CCCCC4)ccc3n2C)cc1.